The van der Waals surface area contributed by atoms with E-state index in [4.69, 9.17) is 32.7 Å². The summed E-state index contributed by atoms with van der Waals surface area (Å²) in [6.45, 7) is 11.7. The number of imide groups is 2. The average molecular weight is 1270 g/mol. The Morgan fingerprint density at radius 2 is 0.967 bits per heavy atom. The Kier molecular flexibility index (Phi) is 22.8. The van der Waals surface area contributed by atoms with Crippen molar-refractivity contribution in [1.82, 2.24) is 29.8 Å². The first-order valence-corrected chi connectivity index (χ1v) is 31.6. The molecule has 480 valence electrons. The first-order valence-electron chi connectivity index (χ1n) is 30.8. The van der Waals surface area contributed by atoms with E-state index in [0.717, 1.165) is 67.4 Å². The number of likely N-dealkylation sites (tertiary alicyclic amines) is 3. The monoisotopic (exact) mass is 1270 g/mol. The summed E-state index contributed by atoms with van der Waals surface area (Å²) in [5.41, 5.74) is 7.98. The van der Waals surface area contributed by atoms with Gasteiger partial charge < -0.3 is 29.5 Å². The van der Waals surface area contributed by atoms with Crippen LogP contribution in [0.15, 0.2) is 72.8 Å². The van der Waals surface area contributed by atoms with Crippen LogP contribution in [0.2, 0.25) is 10.0 Å². The molecule has 2 unspecified atom stereocenters. The molecule has 0 aliphatic carbocycles. The average Bonchev–Trinajstić information content (AvgIpc) is 1.93. The molecule has 6 aliphatic rings. The molecule has 4 aromatic carbocycles. The minimum Gasteiger partial charge on any atom is -0.443 e. The number of carbonyl (C=O) groups excluding carboxylic acids is 11. The first-order chi connectivity index (χ1) is 42.4. The number of esters is 2. The van der Waals surface area contributed by atoms with Gasteiger partial charge in [0.15, 0.2) is 13.5 Å². The third-order valence-corrected chi connectivity index (χ3v) is 18.4. The van der Waals surface area contributed by atoms with E-state index in [1.807, 2.05) is 95.3 Å². The van der Waals surface area contributed by atoms with Gasteiger partial charge in [0.2, 0.25) is 17.7 Å². The van der Waals surface area contributed by atoms with Crippen molar-refractivity contribution in [2.24, 2.45) is 17.3 Å². The summed E-state index contributed by atoms with van der Waals surface area (Å²) in [7, 11) is 0. The van der Waals surface area contributed by atoms with Crippen LogP contribution in [0, 0.1) is 31.1 Å². The van der Waals surface area contributed by atoms with Gasteiger partial charge >= 0.3 is 11.9 Å². The molecule has 6 aliphatic heterocycles. The lowest BCUT2D eigenvalue weighted by Gasteiger charge is -2.35. The highest BCUT2D eigenvalue weighted by Gasteiger charge is 2.45. The fraction of sp³-hybridized carbons (Fsp3) is 0.493. The Morgan fingerprint density at radius 1 is 0.556 bits per heavy atom. The van der Waals surface area contributed by atoms with Crippen molar-refractivity contribution in [1.29, 1.82) is 0 Å². The molecule has 0 bridgehead atoms. The summed E-state index contributed by atoms with van der Waals surface area (Å²) in [6, 6.07) is 20.6. The molecule has 0 saturated carbocycles. The molecule has 90 heavy (non-hydrogen) atoms. The number of fused-ring (bicyclic) bond motifs is 2. The number of piperidine rings is 4. The van der Waals surface area contributed by atoms with Crippen LogP contribution in [-0.4, -0.2) is 141 Å². The summed E-state index contributed by atoms with van der Waals surface area (Å²) < 4.78 is 10.8. The summed E-state index contributed by atoms with van der Waals surface area (Å²) in [5, 5.41) is 4.46. The molecule has 0 radical (unpaired) electrons. The largest absolute Gasteiger partial charge is 0.443 e. The van der Waals surface area contributed by atoms with E-state index in [9.17, 15) is 52.7 Å². The minimum absolute atomic E-state index is 0. The Morgan fingerprint density at radius 3 is 1.38 bits per heavy atom. The number of amides is 7. The second kappa shape index (κ2) is 30.0. The van der Waals surface area contributed by atoms with Gasteiger partial charge in [-0.1, -0.05) is 99.9 Å². The van der Waals surface area contributed by atoms with Gasteiger partial charge in [0.25, 0.3) is 23.6 Å². The summed E-state index contributed by atoms with van der Waals surface area (Å²) in [6.07, 6.45) is 5.54. The van der Waals surface area contributed by atoms with Crippen LogP contribution in [0.5, 0.6) is 0 Å². The fourth-order valence-corrected chi connectivity index (χ4v) is 12.7. The highest BCUT2D eigenvalue weighted by molar-refractivity contribution is 6.31. The lowest BCUT2D eigenvalue weighted by Crippen LogP contribution is -2.55. The van der Waals surface area contributed by atoms with Crippen molar-refractivity contribution in [2.75, 3.05) is 39.6 Å². The van der Waals surface area contributed by atoms with Gasteiger partial charge in [0, 0.05) is 92.3 Å². The number of nitrogens with zero attached hydrogens (tertiary/aromatic N) is 5. The molecular formula is C69H82Cl2N6O13. The molecule has 10 rings (SSSR count). The molecule has 0 aromatic heterocycles. The van der Waals surface area contributed by atoms with Gasteiger partial charge in [0.05, 0.1) is 11.8 Å². The maximum absolute atomic E-state index is 13.5. The van der Waals surface area contributed by atoms with Crippen LogP contribution >= 0.6 is 23.2 Å². The van der Waals surface area contributed by atoms with Gasteiger partial charge in [-0.25, -0.2) is 9.80 Å². The third-order valence-electron chi connectivity index (χ3n) is 17.6. The van der Waals surface area contributed by atoms with E-state index >= 15 is 0 Å². The maximum atomic E-state index is 13.5. The van der Waals surface area contributed by atoms with E-state index < -0.39 is 67.0 Å². The van der Waals surface area contributed by atoms with Crippen molar-refractivity contribution < 1.29 is 62.2 Å². The predicted molar refractivity (Wildman–Crippen MR) is 336 cm³/mol. The zero-order chi connectivity index (χ0) is 63.8. The zero-order valence-electron chi connectivity index (χ0n) is 51.3. The molecule has 4 saturated heterocycles. The van der Waals surface area contributed by atoms with Crippen molar-refractivity contribution in [3.05, 3.63) is 138 Å². The van der Waals surface area contributed by atoms with Crippen LogP contribution < -0.4 is 5.32 Å². The Labute approximate surface area is 536 Å². The van der Waals surface area contributed by atoms with Crippen LogP contribution in [0.25, 0.3) is 0 Å². The Balaban J connectivity index is 0.000000232. The number of hydrogen-bond donors (Lipinski definition) is 1. The Bertz CT molecular complexity index is 3460. The number of aryl methyl sites for hydroxylation is 4. The first kappa shape index (κ1) is 68.3. The number of benzene rings is 4. The molecule has 19 nitrogen and oxygen atoms in total. The van der Waals surface area contributed by atoms with Crippen molar-refractivity contribution in [3.8, 4) is 0 Å². The summed E-state index contributed by atoms with van der Waals surface area (Å²) in [5.74, 6) is -3.83. The van der Waals surface area contributed by atoms with Crippen molar-refractivity contribution >= 4 is 88.1 Å². The summed E-state index contributed by atoms with van der Waals surface area (Å²) in [4.78, 5) is 148. The third kappa shape index (κ3) is 16.9. The molecule has 6 heterocycles. The molecule has 1 N–H and O–H groups in total. The van der Waals surface area contributed by atoms with Crippen molar-refractivity contribution in [2.45, 2.75) is 164 Å². The SMILES string of the molecule is C.Cc1ccc(CC(=O)CCc2ccc3c(c2)CN(C2CCC(=O)N(COC(=O)C4CCN(C(=O)CC(C)(C)C)CC4)C2=O)C3=O)cc1Cl.Cc1ccc(CC(=O)CCc2ccc3c(c2)CN(C2CCC(=O)N(COC(=O)C4CCNCC4)C2=O)C3=O)cc1Cl. The fourth-order valence-electron chi connectivity index (χ4n) is 12.3. The van der Waals surface area contributed by atoms with Gasteiger partial charge in [-0.15, -0.1) is 0 Å². The van der Waals surface area contributed by atoms with Gasteiger partial charge in [-0.2, -0.15) is 0 Å². The number of hydrogen-bond acceptors (Lipinski definition) is 14. The molecule has 7 amide bonds. The minimum atomic E-state index is -0.857. The van der Waals surface area contributed by atoms with Crippen LogP contribution in [0.3, 0.4) is 0 Å². The molecule has 4 fully saturated rings. The van der Waals surface area contributed by atoms with E-state index in [-0.39, 0.29) is 86.8 Å². The number of carbonyl (C=O) groups is 11. The highest BCUT2D eigenvalue weighted by atomic mass is 35.5. The molecule has 4 aromatic rings. The van der Waals surface area contributed by atoms with Gasteiger partial charge in [0.1, 0.15) is 23.7 Å². The smallest absolute Gasteiger partial charge is 0.310 e. The molecule has 2 atom stereocenters. The number of rotatable bonds is 19. The number of Topliss-reactive ketones (excluding diaryl/α,β-unsaturated/α-hetero) is 2. The van der Waals surface area contributed by atoms with E-state index in [2.05, 4.69) is 5.32 Å². The van der Waals surface area contributed by atoms with E-state index in [1.54, 1.807) is 17.0 Å². The molecule has 0 spiro atoms. The number of ketones is 2. The van der Waals surface area contributed by atoms with Crippen LogP contribution in [0.4, 0.5) is 0 Å². The standard InChI is InChI=1S/C37H44ClN3O7.C31H34ClN3O6.CH4/c1-23-5-6-25(19-30(23)38)18-28(42)9-7-24-8-10-29-27(17-24)21-40(34(29)45)31-11-12-32(43)41(35(31)46)22-48-36(47)26-13-15-39(16-14-26)33(44)20-37(2,3)4;1-19-2-3-21(16-26(19)32)15-24(36)6-4-20-5-7-25-23(14-20)17-34(29(25)38)27-8-9-28(37)35(30(27)39)18-41-31(40)22-10-12-33-13-11-22;/h5-6,8,10,17,19,26,31H,7,9,11-16,18,20-22H2,1-4H3;2-3,5,7,14,16,22,27,33H,4,6,8-13,15,17-18H2,1H3;1H4. The lowest BCUT2D eigenvalue weighted by molar-refractivity contribution is -0.169. The quantitative estimate of drug-likeness (QED) is 0.0682. The predicted octanol–water partition coefficient (Wildman–Crippen LogP) is 9.04. The van der Waals surface area contributed by atoms with Crippen LogP contribution in [0.1, 0.15) is 164 Å². The summed E-state index contributed by atoms with van der Waals surface area (Å²) >= 11 is 12.4. The second-order valence-electron chi connectivity index (χ2n) is 25.5. The molecule has 21 heteroatoms. The lowest BCUT2D eigenvalue weighted by atomic mass is 9.90. The van der Waals surface area contributed by atoms with Crippen molar-refractivity contribution in [3.63, 3.8) is 0 Å². The maximum Gasteiger partial charge on any atom is 0.310 e. The van der Waals surface area contributed by atoms with Gasteiger partial charge in [-0.3, -0.25) is 52.7 Å². The normalized spacial score (nSPS) is 18.9. The highest BCUT2D eigenvalue weighted by Crippen LogP contribution is 2.33. The van der Waals surface area contributed by atoms with Crippen LogP contribution in [-0.2, 0) is 91.4 Å². The van der Waals surface area contributed by atoms with Gasteiger partial charge in [-0.05, 0) is 152 Å². The molecular weight excluding hydrogens is 1190 g/mol. The number of ether oxygens (including phenoxy) is 2. The van der Waals surface area contributed by atoms with E-state index in [0.29, 0.717) is 105 Å². The van der Waals surface area contributed by atoms with E-state index in [1.165, 1.54) is 9.80 Å². The second-order valence-corrected chi connectivity index (χ2v) is 26.3. The zero-order valence-corrected chi connectivity index (χ0v) is 52.8. The Hall–Kier alpha value is -7.61. The topological polar surface area (TPSA) is 234 Å². The number of nitrogens with one attached hydrogen (secondary N) is 1. The number of halogens is 2.